The van der Waals surface area contributed by atoms with Crippen molar-refractivity contribution in [2.75, 3.05) is 24.2 Å². The highest BCUT2D eigenvalue weighted by Gasteiger charge is 2.45. The number of piperazine rings is 1. The summed E-state index contributed by atoms with van der Waals surface area (Å²) in [7, 11) is -0.163. The molecule has 0 aliphatic carbocycles. The smallest absolute Gasteiger partial charge is 0.142 e. The molecule has 4 heterocycles. The molecule has 3 atom stereocenters. The van der Waals surface area contributed by atoms with E-state index in [0.29, 0.717) is 11.1 Å². The largest absolute Gasteiger partial charge is 0.351 e. The standard InChI is InChI=1S/C20H22ClN5OS/c1-24-18-7-5-4-6-17(18)23-20(24)15-9-19(22-10-16(15)21)25-11-14-8-13(25)12-26(14)28(2,3)27/h4-7,9-10,13-14H,2,8,11-12H2,1,3H3/t13-,14-,28?/m1/s1. The lowest BCUT2D eigenvalue weighted by molar-refractivity contribution is 0.392. The third-order valence-corrected chi connectivity index (χ3v) is 7.59. The van der Waals surface area contributed by atoms with Gasteiger partial charge < -0.3 is 9.47 Å². The number of hydrogen-bond donors (Lipinski definition) is 0. The third-order valence-electron chi connectivity index (χ3n) is 5.85. The average molecular weight is 416 g/mol. The summed E-state index contributed by atoms with van der Waals surface area (Å²) in [5, 5.41) is 0.586. The van der Waals surface area contributed by atoms with Gasteiger partial charge in [0.15, 0.2) is 0 Å². The Kier molecular flexibility index (Phi) is 3.98. The molecule has 2 aliphatic rings. The number of nitrogens with zero attached hydrogens (tertiary/aromatic N) is 5. The van der Waals surface area contributed by atoms with Crippen molar-refractivity contribution >= 4 is 44.0 Å². The summed E-state index contributed by atoms with van der Waals surface area (Å²) in [6.07, 6.45) is 4.42. The lowest BCUT2D eigenvalue weighted by atomic mass is 10.2. The number of hydrogen-bond acceptors (Lipinski definition) is 4. The van der Waals surface area contributed by atoms with Crippen LogP contribution in [0, 0.1) is 0 Å². The summed E-state index contributed by atoms with van der Waals surface area (Å²) in [4.78, 5) is 11.7. The van der Waals surface area contributed by atoms with Gasteiger partial charge in [-0.15, -0.1) is 0 Å². The molecule has 5 rings (SSSR count). The van der Waals surface area contributed by atoms with E-state index in [1.54, 1.807) is 12.5 Å². The molecule has 2 fully saturated rings. The number of imidazole rings is 1. The number of pyridine rings is 1. The van der Waals surface area contributed by atoms with Crippen LogP contribution in [0.5, 0.6) is 0 Å². The predicted octanol–water partition coefficient (Wildman–Crippen LogP) is 2.81. The first-order valence-electron chi connectivity index (χ1n) is 9.26. The van der Waals surface area contributed by atoms with Crippen LogP contribution in [-0.4, -0.2) is 60.3 Å². The SMILES string of the molecule is C=S(C)(=O)N1C[C@H]2C[C@@H]1CN2c1cc(-c2nc3ccccc3n2C)c(Cl)cn1. The Morgan fingerprint density at radius 2 is 2.04 bits per heavy atom. The van der Waals surface area contributed by atoms with Gasteiger partial charge in [-0.2, -0.15) is 0 Å². The van der Waals surface area contributed by atoms with Gasteiger partial charge in [0.25, 0.3) is 0 Å². The average Bonchev–Trinajstić information content (AvgIpc) is 3.35. The molecule has 1 aromatic carbocycles. The zero-order valence-electron chi connectivity index (χ0n) is 15.9. The normalized spacial score (nSPS) is 24.2. The van der Waals surface area contributed by atoms with E-state index in [1.165, 1.54) is 0 Å². The number of rotatable bonds is 3. The van der Waals surface area contributed by atoms with Gasteiger partial charge in [0, 0.05) is 59.9 Å². The second-order valence-corrected chi connectivity index (χ2v) is 10.6. The molecule has 146 valence electrons. The first-order chi connectivity index (χ1) is 13.3. The Hall–Kier alpha value is -2.09. The second kappa shape index (κ2) is 6.20. The van der Waals surface area contributed by atoms with Gasteiger partial charge in [-0.1, -0.05) is 23.7 Å². The monoisotopic (exact) mass is 415 g/mol. The van der Waals surface area contributed by atoms with Gasteiger partial charge in [0.1, 0.15) is 11.6 Å². The molecule has 2 aliphatic heterocycles. The maximum absolute atomic E-state index is 12.4. The number of aryl methyl sites for hydroxylation is 1. The molecule has 3 aromatic rings. The second-order valence-electron chi connectivity index (χ2n) is 7.76. The topological polar surface area (TPSA) is 54.3 Å². The molecule has 1 unspecified atom stereocenters. The van der Waals surface area contributed by atoms with Gasteiger partial charge in [-0.25, -0.2) is 14.3 Å². The fourth-order valence-electron chi connectivity index (χ4n) is 4.53. The van der Waals surface area contributed by atoms with Crippen molar-refractivity contribution in [3.05, 3.63) is 41.6 Å². The molecule has 2 aromatic heterocycles. The lowest BCUT2D eigenvalue weighted by Crippen LogP contribution is -2.48. The molecule has 2 saturated heterocycles. The fourth-order valence-corrected chi connectivity index (χ4v) is 5.99. The molecule has 0 saturated carbocycles. The van der Waals surface area contributed by atoms with Gasteiger partial charge >= 0.3 is 0 Å². The van der Waals surface area contributed by atoms with Crippen LogP contribution in [0.25, 0.3) is 22.4 Å². The van der Waals surface area contributed by atoms with Crippen molar-refractivity contribution in [3.8, 4) is 11.4 Å². The van der Waals surface area contributed by atoms with Crippen molar-refractivity contribution in [1.82, 2.24) is 18.8 Å². The van der Waals surface area contributed by atoms with Crippen LogP contribution in [0.2, 0.25) is 5.02 Å². The summed E-state index contributed by atoms with van der Waals surface area (Å²) in [6, 6.07) is 10.6. The molecular weight excluding hydrogens is 394 g/mol. The van der Waals surface area contributed by atoms with E-state index in [2.05, 4.69) is 30.7 Å². The fraction of sp³-hybridized carbons (Fsp3) is 0.350. The Morgan fingerprint density at radius 1 is 1.25 bits per heavy atom. The molecule has 0 amide bonds. The van der Waals surface area contributed by atoms with E-state index in [9.17, 15) is 4.21 Å². The molecule has 0 radical (unpaired) electrons. The number of aromatic nitrogens is 3. The minimum atomic E-state index is -2.17. The summed E-state index contributed by atoms with van der Waals surface area (Å²) in [5.74, 6) is 5.58. The third kappa shape index (κ3) is 2.72. The van der Waals surface area contributed by atoms with Crippen molar-refractivity contribution in [2.45, 2.75) is 18.5 Å². The first-order valence-corrected chi connectivity index (χ1v) is 11.7. The van der Waals surface area contributed by atoms with E-state index >= 15 is 0 Å². The van der Waals surface area contributed by atoms with Crippen molar-refractivity contribution in [3.63, 3.8) is 0 Å². The zero-order valence-corrected chi connectivity index (χ0v) is 17.5. The zero-order chi connectivity index (χ0) is 19.6. The van der Waals surface area contributed by atoms with E-state index in [4.69, 9.17) is 16.6 Å². The van der Waals surface area contributed by atoms with E-state index in [1.807, 2.05) is 31.3 Å². The Labute approximate surface area is 169 Å². The van der Waals surface area contributed by atoms with E-state index in [-0.39, 0.29) is 6.04 Å². The van der Waals surface area contributed by atoms with Crippen LogP contribution in [-0.2, 0) is 16.8 Å². The summed E-state index contributed by atoms with van der Waals surface area (Å²) < 4.78 is 16.5. The van der Waals surface area contributed by atoms with Gasteiger partial charge in [-0.3, -0.25) is 4.21 Å². The summed E-state index contributed by atoms with van der Waals surface area (Å²) in [5.41, 5.74) is 2.89. The van der Waals surface area contributed by atoms with Gasteiger partial charge in [-0.05, 0) is 30.5 Å². The van der Waals surface area contributed by atoms with Crippen LogP contribution in [0.1, 0.15) is 6.42 Å². The number of benzene rings is 1. The molecule has 8 heteroatoms. The highest BCUT2D eigenvalue weighted by molar-refractivity contribution is 7.97. The maximum Gasteiger partial charge on any atom is 0.142 e. The van der Waals surface area contributed by atoms with E-state index in [0.717, 1.165) is 47.7 Å². The van der Waals surface area contributed by atoms with Crippen LogP contribution in [0.15, 0.2) is 36.5 Å². The minimum absolute atomic E-state index is 0.261. The predicted molar refractivity (Wildman–Crippen MR) is 116 cm³/mol. The van der Waals surface area contributed by atoms with E-state index < -0.39 is 9.71 Å². The lowest BCUT2D eigenvalue weighted by Gasteiger charge is -2.35. The van der Waals surface area contributed by atoms with Crippen LogP contribution in [0.4, 0.5) is 5.82 Å². The van der Waals surface area contributed by atoms with Crippen LogP contribution < -0.4 is 4.90 Å². The molecule has 0 spiro atoms. The number of anilines is 1. The number of halogens is 1. The van der Waals surface area contributed by atoms with Crippen molar-refractivity contribution < 1.29 is 4.21 Å². The van der Waals surface area contributed by atoms with Crippen LogP contribution >= 0.6 is 11.6 Å². The van der Waals surface area contributed by atoms with Gasteiger partial charge in [0.2, 0.25) is 0 Å². The Bertz CT molecular complexity index is 1190. The molecule has 28 heavy (non-hydrogen) atoms. The maximum atomic E-state index is 12.4. The summed E-state index contributed by atoms with van der Waals surface area (Å²) in [6.45, 7) is 1.57. The molecule has 0 N–H and O–H groups in total. The van der Waals surface area contributed by atoms with Crippen molar-refractivity contribution in [2.24, 2.45) is 7.05 Å². The Morgan fingerprint density at radius 3 is 2.71 bits per heavy atom. The molecule has 2 bridgehead atoms. The number of fused-ring (bicyclic) bond motifs is 3. The van der Waals surface area contributed by atoms with Crippen LogP contribution in [0.3, 0.4) is 0 Å². The summed E-state index contributed by atoms with van der Waals surface area (Å²) >= 11 is 6.51. The first kappa shape index (κ1) is 18.0. The highest BCUT2D eigenvalue weighted by atomic mass is 35.5. The van der Waals surface area contributed by atoms with Gasteiger partial charge in [0.05, 0.1) is 16.1 Å². The molecule has 6 nitrogen and oxygen atoms in total. The molecular formula is C20H22ClN5OS. The number of para-hydroxylation sites is 2. The quantitative estimate of drug-likeness (QED) is 0.617. The Balaban J connectivity index is 1.52. The highest BCUT2D eigenvalue weighted by Crippen LogP contribution is 2.38. The van der Waals surface area contributed by atoms with Crippen molar-refractivity contribution in [1.29, 1.82) is 0 Å². The minimum Gasteiger partial charge on any atom is -0.351 e.